The third-order valence-corrected chi connectivity index (χ3v) is 5.17. The summed E-state index contributed by atoms with van der Waals surface area (Å²) in [5.74, 6) is 1.35. The molecule has 6 nitrogen and oxygen atoms in total. The Balaban J connectivity index is 2.27. The molecule has 0 bridgehead atoms. The summed E-state index contributed by atoms with van der Waals surface area (Å²) in [6, 6.07) is 0.268. The molecule has 1 fully saturated rings. The van der Waals surface area contributed by atoms with Crippen LogP contribution in [0.25, 0.3) is 0 Å². The number of aliphatic hydroxyl groups excluding tert-OH is 1. The van der Waals surface area contributed by atoms with Gasteiger partial charge in [-0.1, -0.05) is 0 Å². The quantitative estimate of drug-likeness (QED) is 0.839. The molecule has 1 aromatic rings. The lowest BCUT2D eigenvalue weighted by molar-refractivity contribution is 0.276. The van der Waals surface area contributed by atoms with E-state index < -0.39 is 15.2 Å². The van der Waals surface area contributed by atoms with Gasteiger partial charge in [0.25, 0.3) is 6.01 Å². The molecule has 1 aromatic heterocycles. The Labute approximate surface area is 104 Å². The molecule has 0 saturated carbocycles. The van der Waals surface area contributed by atoms with Crippen LogP contribution in [0.5, 0.6) is 0 Å². The van der Waals surface area contributed by atoms with Gasteiger partial charge in [-0.25, -0.2) is 8.42 Å². The number of aliphatic hydroxyl groups is 1. The van der Waals surface area contributed by atoms with Gasteiger partial charge in [0.15, 0.2) is 9.84 Å². The van der Waals surface area contributed by atoms with Gasteiger partial charge >= 0.3 is 0 Å². The molecule has 1 unspecified atom stereocenters. The molecule has 0 spiro atoms. The van der Waals surface area contributed by atoms with Crippen LogP contribution in [0.3, 0.4) is 0 Å². The Morgan fingerprint density at radius 3 is 3.06 bits per heavy atom. The first kappa shape index (κ1) is 12.7. The number of oxazole rings is 1. The van der Waals surface area contributed by atoms with E-state index in [4.69, 9.17) is 9.52 Å². The molecule has 2 heterocycles. The molecule has 0 aliphatic carbocycles. The van der Waals surface area contributed by atoms with Crippen LogP contribution in [0.1, 0.15) is 5.69 Å². The first-order valence-electron chi connectivity index (χ1n) is 5.11. The van der Waals surface area contributed by atoms with Crippen LogP contribution >= 0.6 is 11.8 Å². The van der Waals surface area contributed by atoms with Crippen LogP contribution in [-0.2, 0) is 16.4 Å². The summed E-state index contributed by atoms with van der Waals surface area (Å²) in [6.07, 6.45) is 2.56. The number of anilines is 1. The fraction of sp³-hybridized carbons (Fsp3) is 0.667. The minimum Gasteiger partial charge on any atom is -0.432 e. The van der Waals surface area contributed by atoms with E-state index in [0.29, 0.717) is 18.0 Å². The van der Waals surface area contributed by atoms with E-state index in [1.165, 1.54) is 12.5 Å². The molecular weight excluding hydrogens is 264 g/mol. The van der Waals surface area contributed by atoms with Gasteiger partial charge in [0, 0.05) is 24.3 Å². The second-order valence-electron chi connectivity index (χ2n) is 3.83. The zero-order valence-electron chi connectivity index (χ0n) is 9.37. The number of thioether (sulfide) groups is 1. The lowest BCUT2D eigenvalue weighted by Crippen LogP contribution is -2.47. The average molecular weight is 278 g/mol. The Hall–Kier alpha value is -0.730. The highest BCUT2D eigenvalue weighted by Gasteiger charge is 2.33. The van der Waals surface area contributed by atoms with Gasteiger partial charge in [0.05, 0.1) is 6.61 Å². The molecule has 96 valence electrons. The van der Waals surface area contributed by atoms with Gasteiger partial charge < -0.3 is 14.4 Å². The fourth-order valence-corrected chi connectivity index (χ4v) is 4.46. The van der Waals surface area contributed by atoms with E-state index in [2.05, 4.69) is 4.98 Å². The molecular formula is C9H14N2O4S2. The number of sulfone groups is 1. The van der Waals surface area contributed by atoms with Crippen LogP contribution in [-0.4, -0.2) is 48.2 Å². The Morgan fingerprint density at radius 2 is 2.47 bits per heavy atom. The van der Waals surface area contributed by atoms with Crippen LogP contribution in [0.4, 0.5) is 6.01 Å². The number of nitrogens with zero attached hydrogens (tertiary/aromatic N) is 2. The third-order valence-electron chi connectivity index (χ3n) is 2.53. The largest absolute Gasteiger partial charge is 0.432 e. The lowest BCUT2D eigenvalue weighted by atomic mass is 10.5. The van der Waals surface area contributed by atoms with Crippen molar-refractivity contribution < 1.29 is 17.9 Å². The summed E-state index contributed by atoms with van der Waals surface area (Å²) in [5, 5.41) is 8.31. The summed E-state index contributed by atoms with van der Waals surface area (Å²) < 4.78 is 28.5. The molecule has 1 aliphatic rings. The SMILES string of the molecule is CS(=O)(=O)C1CSCCN1c1nc(CO)co1. The van der Waals surface area contributed by atoms with Crippen LogP contribution < -0.4 is 4.90 Å². The predicted octanol–water partition coefficient (Wildman–Crippen LogP) is 0.0908. The zero-order valence-corrected chi connectivity index (χ0v) is 11.0. The topological polar surface area (TPSA) is 83.6 Å². The maximum Gasteiger partial charge on any atom is 0.298 e. The lowest BCUT2D eigenvalue weighted by Gasteiger charge is -2.32. The van der Waals surface area contributed by atoms with Crippen molar-refractivity contribution in [2.75, 3.05) is 29.2 Å². The average Bonchev–Trinajstić information content (AvgIpc) is 2.76. The van der Waals surface area contributed by atoms with E-state index in [-0.39, 0.29) is 12.6 Å². The van der Waals surface area contributed by atoms with Gasteiger partial charge in [-0.2, -0.15) is 16.7 Å². The maximum atomic E-state index is 11.7. The predicted molar refractivity (Wildman–Crippen MR) is 65.7 cm³/mol. The van der Waals surface area contributed by atoms with Crippen molar-refractivity contribution in [2.45, 2.75) is 12.0 Å². The first-order chi connectivity index (χ1) is 8.02. The van der Waals surface area contributed by atoms with E-state index >= 15 is 0 Å². The van der Waals surface area contributed by atoms with Crippen molar-refractivity contribution in [2.24, 2.45) is 0 Å². The van der Waals surface area contributed by atoms with Crippen molar-refractivity contribution in [3.8, 4) is 0 Å². The fourth-order valence-electron chi connectivity index (χ4n) is 1.66. The standard InChI is InChI=1S/C9H14N2O4S2/c1-17(13,14)8-6-16-3-2-11(8)9-10-7(4-12)5-15-9/h5,8,12H,2-4,6H2,1H3. The molecule has 1 saturated heterocycles. The van der Waals surface area contributed by atoms with E-state index in [1.807, 2.05) is 0 Å². The third kappa shape index (κ3) is 2.75. The number of aromatic nitrogens is 1. The molecule has 2 rings (SSSR count). The Kier molecular flexibility index (Phi) is 3.64. The number of hydrogen-bond acceptors (Lipinski definition) is 7. The maximum absolute atomic E-state index is 11.7. The van der Waals surface area contributed by atoms with Crippen molar-refractivity contribution in [1.82, 2.24) is 4.98 Å². The second-order valence-corrected chi connectivity index (χ2v) is 7.19. The van der Waals surface area contributed by atoms with E-state index in [1.54, 1.807) is 16.7 Å². The first-order valence-corrected chi connectivity index (χ1v) is 8.22. The summed E-state index contributed by atoms with van der Waals surface area (Å²) in [6.45, 7) is 0.365. The van der Waals surface area contributed by atoms with E-state index in [9.17, 15) is 8.42 Å². The Morgan fingerprint density at radius 1 is 1.71 bits per heavy atom. The van der Waals surface area contributed by atoms with Gasteiger partial charge in [0.2, 0.25) is 0 Å². The van der Waals surface area contributed by atoms with E-state index in [0.717, 1.165) is 5.75 Å². The van der Waals surface area contributed by atoms with Crippen LogP contribution in [0.2, 0.25) is 0 Å². The second kappa shape index (κ2) is 4.87. The van der Waals surface area contributed by atoms with Crippen LogP contribution in [0, 0.1) is 0 Å². The zero-order chi connectivity index (χ0) is 12.5. The molecule has 1 aliphatic heterocycles. The normalized spacial score (nSPS) is 21.8. The Bertz CT molecular complexity index is 485. The number of rotatable bonds is 3. The highest BCUT2D eigenvalue weighted by Crippen LogP contribution is 2.26. The van der Waals surface area contributed by atoms with Crippen molar-refractivity contribution in [3.05, 3.63) is 12.0 Å². The van der Waals surface area contributed by atoms with Gasteiger partial charge in [-0.3, -0.25) is 0 Å². The minimum absolute atomic E-state index is 0.213. The molecule has 0 radical (unpaired) electrons. The smallest absolute Gasteiger partial charge is 0.298 e. The minimum atomic E-state index is -3.18. The molecule has 0 amide bonds. The molecule has 17 heavy (non-hydrogen) atoms. The summed E-state index contributed by atoms with van der Waals surface area (Å²) in [7, 11) is -3.18. The number of hydrogen-bond donors (Lipinski definition) is 1. The molecule has 1 N–H and O–H groups in total. The summed E-state index contributed by atoms with van der Waals surface area (Å²) >= 11 is 1.60. The highest BCUT2D eigenvalue weighted by atomic mass is 32.2. The molecule has 1 atom stereocenters. The summed E-state index contributed by atoms with van der Waals surface area (Å²) in [4.78, 5) is 5.70. The monoisotopic (exact) mass is 278 g/mol. The van der Waals surface area contributed by atoms with Gasteiger partial charge in [-0.05, 0) is 0 Å². The van der Waals surface area contributed by atoms with Crippen molar-refractivity contribution in [3.63, 3.8) is 0 Å². The highest BCUT2D eigenvalue weighted by molar-refractivity contribution is 8.01. The molecule has 0 aromatic carbocycles. The van der Waals surface area contributed by atoms with Gasteiger partial charge in [0.1, 0.15) is 17.3 Å². The van der Waals surface area contributed by atoms with Crippen molar-refractivity contribution in [1.29, 1.82) is 0 Å². The summed E-state index contributed by atoms with van der Waals surface area (Å²) in [5.41, 5.74) is 0.408. The van der Waals surface area contributed by atoms with Gasteiger partial charge in [-0.15, -0.1) is 0 Å². The van der Waals surface area contributed by atoms with Crippen LogP contribution in [0.15, 0.2) is 10.7 Å². The molecule has 8 heteroatoms. The van der Waals surface area contributed by atoms with Crippen molar-refractivity contribution >= 4 is 27.6 Å².